The summed E-state index contributed by atoms with van der Waals surface area (Å²) in [5.74, 6) is 6.00. The van der Waals surface area contributed by atoms with Gasteiger partial charge in [-0.1, -0.05) is 70.5 Å². The number of piperidine rings is 3. The van der Waals surface area contributed by atoms with Crippen LogP contribution in [0.15, 0.2) is 181 Å². The fraction of sp³-hybridized carbons (Fsp3) is 0.230. The molecule has 5 aromatic carbocycles. The monoisotopic (exact) mass is 1350 g/mol. The molecule has 3 amide bonds. The Bertz CT molecular complexity index is 5150. The summed E-state index contributed by atoms with van der Waals surface area (Å²) < 4.78 is 12.4. The number of nitrogen functional groups attached to an aromatic ring is 3. The molecule has 3 fully saturated rings. The van der Waals surface area contributed by atoms with Crippen LogP contribution in [0.5, 0.6) is 5.75 Å². The highest BCUT2D eigenvalue weighted by molar-refractivity contribution is 9.10. The van der Waals surface area contributed by atoms with E-state index in [9.17, 15) is 14.4 Å². The molecular weight excluding hydrogens is 1280 g/mol. The zero-order chi connectivity index (χ0) is 66.4. The van der Waals surface area contributed by atoms with E-state index in [0.29, 0.717) is 54.8 Å². The third-order valence-corrected chi connectivity index (χ3v) is 19.7. The molecule has 22 nitrogen and oxygen atoms in total. The van der Waals surface area contributed by atoms with Crippen LogP contribution in [0.25, 0.3) is 83.4 Å². The highest BCUT2D eigenvalue weighted by Crippen LogP contribution is 2.40. The highest BCUT2D eigenvalue weighted by atomic mass is 79.9. The molecule has 3 aliphatic rings. The lowest BCUT2D eigenvalue weighted by molar-refractivity contribution is -0.129. The molecule has 0 saturated carbocycles. The molecule has 9 aromatic heterocycles. The van der Waals surface area contributed by atoms with E-state index < -0.39 is 0 Å². The van der Waals surface area contributed by atoms with Crippen LogP contribution in [0, 0.1) is 0 Å². The summed E-state index contributed by atoms with van der Waals surface area (Å²) in [6.45, 7) is 5.88. The summed E-state index contributed by atoms with van der Waals surface area (Å²) in [7, 11) is 1.62. The summed E-state index contributed by atoms with van der Waals surface area (Å²) in [4.78, 5) is 81.9. The van der Waals surface area contributed by atoms with Gasteiger partial charge in [-0.25, -0.2) is 29.9 Å². The van der Waals surface area contributed by atoms with Gasteiger partial charge in [-0.3, -0.25) is 27.6 Å². The van der Waals surface area contributed by atoms with E-state index in [2.05, 4.69) is 114 Å². The predicted octanol–water partition coefficient (Wildman–Crippen LogP) is 12.9. The first-order valence-electron chi connectivity index (χ1n) is 32.7. The Morgan fingerprint density at radius 1 is 0.454 bits per heavy atom. The number of anilines is 3. The van der Waals surface area contributed by atoms with Crippen LogP contribution in [0.2, 0.25) is 0 Å². The number of imidazole rings is 3. The maximum atomic E-state index is 13.0. The number of nitrogens with two attached hydrogens (primary N) is 3. The van der Waals surface area contributed by atoms with Crippen molar-refractivity contribution in [2.45, 2.75) is 63.2 Å². The molecule has 3 aliphatic heterocycles. The molecule has 14 aromatic rings. The Labute approximate surface area is 565 Å². The number of para-hydroxylation sites is 3. The van der Waals surface area contributed by atoms with Crippen molar-refractivity contribution in [2.75, 3.05) is 63.6 Å². The number of rotatable bonds is 9. The molecule has 3 saturated heterocycles. The van der Waals surface area contributed by atoms with E-state index in [-0.39, 0.29) is 35.5 Å². The van der Waals surface area contributed by atoms with E-state index in [1.165, 1.54) is 0 Å². The second-order valence-electron chi connectivity index (χ2n) is 25.0. The lowest BCUT2D eigenvalue weighted by Gasteiger charge is -2.31. The molecular formula is C74H71BrN18O4. The zero-order valence-electron chi connectivity index (χ0n) is 53.6. The molecule has 12 heterocycles. The van der Waals surface area contributed by atoms with E-state index in [4.69, 9.17) is 36.9 Å². The third kappa shape index (κ3) is 12.0. The van der Waals surface area contributed by atoms with Gasteiger partial charge in [-0.15, -0.1) is 0 Å². The molecule has 97 heavy (non-hydrogen) atoms. The predicted molar refractivity (Wildman–Crippen MR) is 381 cm³/mol. The second-order valence-corrected chi connectivity index (χ2v) is 25.9. The zero-order valence-corrected chi connectivity index (χ0v) is 55.2. The molecule has 488 valence electrons. The minimum absolute atomic E-state index is 0.0475. The van der Waals surface area contributed by atoms with E-state index in [1.807, 2.05) is 118 Å². The lowest BCUT2D eigenvalue weighted by atomic mass is 9.95. The third-order valence-electron chi connectivity index (χ3n) is 19.2. The van der Waals surface area contributed by atoms with Gasteiger partial charge >= 0.3 is 0 Å². The average Bonchev–Trinajstić information content (AvgIpc) is 1.62. The van der Waals surface area contributed by atoms with Gasteiger partial charge in [0.25, 0.3) is 11.8 Å². The van der Waals surface area contributed by atoms with Crippen molar-refractivity contribution in [1.29, 1.82) is 0 Å². The van der Waals surface area contributed by atoms with Crippen LogP contribution in [0.1, 0.15) is 101 Å². The summed E-state index contributed by atoms with van der Waals surface area (Å²) in [6, 6.07) is 45.6. The van der Waals surface area contributed by atoms with Crippen LogP contribution >= 0.6 is 15.9 Å². The minimum atomic E-state index is 0.0475. The van der Waals surface area contributed by atoms with Crippen molar-refractivity contribution in [2.24, 2.45) is 0 Å². The number of hydrogen-bond donors (Lipinski definition) is 6. The molecule has 0 atom stereocenters. The number of nitrogens with one attached hydrogen (secondary N) is 3. The number of hydrogen-bond acceptors (Lipinski definition) is 13. The van der Waals surface area contributed by atoms with E-state index in [0.717, 1.165) is 163 Å². The smallest absolute Gasteiger partial charge is 0.253 e. The molecule has 17 rings (SSSR count). The van der Waals surface area contributed by atoms with Crippen molar-refractivity contribution in [3.63, 3.8) is 0 Å². The van der Waals surface area contributed by atoms with Crippen LogP contribution in [0.3, 0.4) is 0 Å². The number of methoxy groups -OCH3 is 1. The average molecular weight is 1360 g/mol. The molecule has 9 N–H and O–H groups in total. The first kappa shape index (κ1) is 61.8. The van der Waals surface area contributed by atoms with Gasteiger partial charge in [0.1, 0.15) is 74.3 Å². The Kier molecular flexibility index (Phi) is 16.6. The largest absolute Gasteiger partial charge is 0.497 e. The number of carbonyl (C=O) groups is 3. The highest BCUT2D eigenvalue weighted by Gasteiger charge is 2.33. The van der Waals surface area contributed by atoms with Gasteiger partial charge in [0, 0.05) is 149 Å². The van der Waals surface area contributed by atoms with E-state index in [1.54, 1.807) is 32.6 Å². The molecule has 0 bridgehead atoms. The number of likely N-dealkylation sites (tertiary alicyclic amines) is 3. The van der Waals surface area contributed by atoms with Crippen LogP contribution in [0.4, 0.5) is 17.5 Å². The number of fused-ring (bicyclic) bond motifs is 6. The van der Waals surface area contributed by atoms with Crippen LogP contribution in [-0.2, 0) is 4.79 Å². The Morgan fingerprint density at radius 2 is 0.773 bits per heavy atom. The second kappa shape index (κ2) is 26.1. The van der Waals surface area contributed by atoms with Gasteiger partial charge in [-0.05, 0) is 123 Å². The quantitative estimate of drug-likeness (QED) is 0.0785. The van der Waals surface area contributed by atoms with Crippen molar-refractivity contribution >= 4 is 100 Å². The molecule has 0 unspecified atom stereocenters. The fourth-order valence-electron chi connectivity index (χ4n) is 14.1. The number of ether oxygens (including phenoxy) is 1. The Morgan fingerprint density at radius 3 is 1.09 bits per heavy atom. The minimum Gasteiger partial charge on any atom is -0.497 e. The molecule has 23 heteroatoms. The molecule has 0 spiro atoms. The number of nitrogens with zero attached hydrogens (tertiary/aromatic N) is 12. The normalized spacial score (nSPS) is 14.9. The number of aromatic amines is 3. The van der Waals surface area contributed by atoms with Gasteiger partial charge in [0.05, 0.1) is 24.2 Å². The van der Waals surface area contributed by atoms with Gasteiger partial charge in [0.2, 0.25) is 5.91 Å². The van der Waals surface area contributed by atoms with Crippen molar-refractivity contribution in [3.05, 3.63) is 210 Å². The number of carbonyl (C=O) groups excluding carboxylic acids is 3. The molecule has 0 radical (unpaired) electrons. The van der Waals surface area contributed by atoms with Gasteiger partial charge in [0.15, 0.2) is 0 Å². The first-order valence-corrected chi connectivity index (χ1v) is 33.5. The van der Waals surface area contributed by atoms with Crippen LogP contribution in [-0.4, -0.2) is 137 Å². The molecule has 0 aliphatic carbocycles. The van der Waals surface area contributed by atoms with Crippen molar-refractivity contribution in [3.8, 4) is 39.9 Å². The Balaban J connectivity index is 0.000000120. The van der Waals surface area contributed by atoms with Crippen molar-refractivity contribution in [1.82, 2.24) is 72.8 Å². The summed E-state index contributed by atoms with van der Waals surface area (Å²) in [5, 5.41) is 3.39. The lowest BCUT2D eigenvalue weighted by Crippen LogP contribution is -2.38. The topological polar surface area (TPSA) is 286 Å². The summed E-state index contributed by atoms with van der Waals surface area (Å²) in [5.41, 5.74) is 31.2. The van der Waals surface area contributed by atoms with Gasteiger partial charge in [-0.2, -0.15) is 0 Å². The van der Waals surface area contributed by atoms with Crippen LogP contribution < -0.4 is 21.9 Å². The number of benzene rings is 5. The fourth-order valence-corrected chi connectivity index (χ4v) is 14.4. The standard InChI is InChI=1S/C27H26N6O2.C26H23BrN6O.C21H22N6O/c1-35-20-8-6-18(7-9-20)27(34)32-13-10-17(11-14-32)26-31-23(24-25(28)29-12-15-33(24)26)22-16-19-4-2-3-5-21(19)30-22;27-19-7-5-17(6-8-19)26(34)32-12-9-16(10-13-32)25-31-22(23-24(28)29-11-14-33(23)25)21-15-18-3-1-2-4-20(18)30-21;1-13(28)26-9-6-14(7-10-26)21-25-18(19-20(22)23-8-11-27(19)21)17-12-15-4-2-3-5-16(15)24-17/h2-9,12,15-17,30H,10-11,13-14H2,1H3,(H2,28,29);1-8,11,14-16,30H,9-10,12-13H2,(H2,28,29);2-5,8,11-12,14,24H,6-7,9-10H2,1H3,(H2,22,23). The Hall–Kier alpha value is -11.3. The van der Waals surface area contributed by atoms with Gasteiger partial charge < -0.3 is 51.6 Å². The first-order chi connectivity index (χ1) is 47.3. The maximum Gasteiger partial charge on any atom is 0.253 e. The number of aromatic nitrogens is 12. The SMILES string of the molecule is CC(=O)N1CCC(c2nc(-c3cc4ccccc4[nH]3)c3c(N)nccn23)CC1.COc1ccc(C(=O)N2CCC(c3nc(-c4cc5ccccc5[nH]4)c4c(N)nccn34)CC2)cc1.Nc1nccn2c(C3CCN(C(=O)c4ccc(Br)cc4)CC3)nc(-c3cc4ccccc4[nH]3)c12. The number of H-pyrrole nitrogens is 3. The number of amides is 3. The van der Waals surface area contributed by atoms with Crippen molar-refractivity contribution < 1.29 is 19.1 Å². The summed E-state index contributed by atoms with van der Waals surface area (Å²) >= 11 is 3.43. The maximum absolute atomic E-state index is 13.0. The van der Waals surface area contributed by atoms with E-state index >= 15 is 0 Å². The number of halogens is 1. The summed E-state index contributed by atoms with van der Waals surface area (Å²) in [6.07, 6.45) is 16.1.